The van der Waals surface area contributed by atoms with Gasteiger partial charge in [0.2, 0.25) is 5.91 Å². The van der Waals surface area contributed by atoms with Gasteiger partial charge in [0.05, 0.1) is 0 Å². The number of nitrogens with zero attached hydrogens (tertiary/aromatic N) is 2. The molecule has 2 aliphatic rings. The van der Waals surface area contributed by atoms with Crippen LogP contribution in [0.4, 0.5) is 0 Å². The number of H-pyrrole nitrogens is 1. The molecule has 2 aromatic rings. The lowest BCUT2D eigenvalue weighted by molar-refractivity contribution is -0.130. The molecule has 3 heterocycles. The third kappa shape index (κ3) is 2.60. The first kappa shape index (κ1) is 14.3. The second-order valence-corrected chi connectivity index (χ2v) is 6.49. The lowest BCUT2D eigenvalue weighted by Gasteiger charge is -2.36. The number of benzene rings is 1. The zero-order chi connectivity index (χ0) is 15.8. The molecule has 2 amide bonds. The minimum Gasteiger partial charge on any atom is -0.361 e. The Morgan fingerprint density at radius 1 is 1.13 bits per heavy atom. The molecule has 0 radical (unpaired) electrons. The molecule has 4 rings (SSSR count). The standard InChI is InChI=1S/C18H21N3O2/c22-17-2-1-9-21(17)15-6-10-20(11-7-15)18(23)14-4-3-13-5-8-19-16(13)12-14/h3-5,8,12,15,19H,1-2,6-7,9-11H2. The van der Waals surface area contributed by atoms with Gasteiger partial charge in [0, 0.05) is 49.4 Å². The highest BCUT2D eigenvalue weighted by Crippen LogP contribution is 2.23. The second-order valence-electron chi connectivity index (χ2n) is 6.49. The molecule has 5 heteroatoms. The van der Waals surface area contributed by atoms with Crippen LogP contribution in [0.3, 0.4) is 0 Å². The van der Waals surface area contributed by atoms with Crippen molar-refractivity contribution in [3.8, 4) is 0 Å². The number of likely N-dealkylation sites (tertiary alicyclic amines) is 2. The number of carbonyl (C=O) groups is 2. The van der Waals surface area contributed by atoms with Gasteiger partial charge in [-0.15, -0.1) is 0 Å². The summed E-state index contributed by atoms with van der Waals surface area (Å²) in [5.74, 6) is 0.375. The van der Waals surface area contributed by atoms with Crippen LogP contribution in [0.1, 0.15) is 36.0 Å². The van der Waals surface area contributed by atoms with E-state index in [-0.39, 0.29) is 11.8 Å². The Morgan fingerprint density at radius 2 is 1.96 bits per heavy atom. The van der Waals surface area contributed by atoms with Gasteiger partial charge in [0.25, 0.3) is 5.91 Å². The van der Waals surface area contributed by atoms with Crippen LogP contribution in [-0.2, 0) is 4.79 Å². The molecule has 5 nitrogen and oxygen atoms in total. The number of aromatic nitrogens is 1. The number of piperidine rings is 1. The molecular weight excluding hydrogens is 290 g/mol. The molecule has 2 fully saturated rings. The van der Waals surface area contributed by atoms with Crippen molar-refractivity contribution in [3.63, 3.8) is 0 Å². The number of carbonyl (C=O) groups excluding carboxylic acids is 2. The van der Waals surface area contributed by atoms with Crippen LogP contribution < -0.4 is 0 Å². The number of rotatable bonds is 2. The molecule has 0 atom stereocenters. The third-order valence-electron chi connectivity index (χ3n) is 5.10. The maximum atomic E-state index is 12.7. The third-order valence-corrected chi connectivity index (χ3v) is 5.10. The van der Waals surface area contributed by atoms with E-state index < -0.39 is 0 Å². The second kappa shape index (κ2) is 5.72. The van der Waals surface area contributed by atoms with Crippen molar-refractivity contribution in [3.05, 3.63) is 36.0 Å². The molecule has 0 bridgehead atoms. The minimum absolute atomic E-state index is 0.0905. The molecule has 0 saturated carbocycles. The quantitative estimate of drug-likeness (QED) is 0.926. The smallest absolute Gasteiger partial charge is 0.253 e. The molecule has 0 spiro atoms. The van der Waals surface area contributed by atoms with E-state index in [0.717, 1.165) is 55.4 Å². The zero-order valence-electron chi connectivity index (χ0n) is 13.1. The van der Waals surface area contributed by atoms with Crippen molar-refractivity contribution < 1.29 is 9.59 Å². The first-order valence-corrected chi connectivity index (χ1v) is 8.38. The zero-order valence-corrected chi connectivity index (χ0v) is 13.1. The van der Waals surface area contributed by atoms with Crippen LogP contribution in [0.15, 0.2) is 30.5 Å². The van der Waals surface area contributed by atoms with Crippen LogP contribution in [0, 0.1) is 0 Å². The number of hydrogen-bond acceptors (Lipinski definition) is 2. The maximum Gasteiger partial charge on any atom is 0.253 e. The molecule has 1 N–H and O–H groups in total. The molecule has 1 aromatic heterocycles. The predicted octanol–water partition coefficient (Wildman–Crippen LogP) is 2.39. The molecule has 2 aliphatic heterocycles. The summed E-state index contributed by atoms with van der Waals surface area (Å²) < 4.78 is 0. The number of hydrogen-bond donors (Lipinski definition) is 1. The molecular formula is C18H21N3O2. The van der Waals surface area contributed by atoms with Crippen molar-refractivity contribution in [2.75, 3.05) is 19.6 Å². The van der Waals surface area contributed by atoms with Gasteiger partial charge in [-0.05, 0) is 42.8 Å². The van der Waals surface area contributed by atoms with E-state index in [1.54, 1.807) is 0 Å². The van der Waals surface area contributed by atoms with E-state index in [1.807, 2.05) is 40.3 Å². The van der Waals surface area contributed by atoms with E-state index in [0.29, 0.717) is 12.5 Å². The Kier molecular flexibility index (Phi) is 3.56. The molecule has 1 aromatic carbocycles. The van der Waals surface area contributed by atoms with E-state index in [1.165, 1.54) is 0 Å². The van der Waals surface area contributed by atoms with E-state index >= 15 is 0 Å². The van der Waals surface area contributed by atoms with Crippen molar-refractivity contribution in [1.82, 2.24) is 14.8 Å². The van der Waals surface area contributed by atoms with Crippen molar-refractivity contribution in [1.29, 1.82) is 0 Å². The van der Waals surface area contributed by atoms with E-state index in [2.05, 4.69) is 4.98 Å². The highest BCUT2D eigenvalue weighted by atomic mass is 16.2. The van der Waals surface area contributed by atoms with Crippen molar-refractivity contribution in [2.24, 2.45) is 0 Å². The molecule has 120 valence electrons. The number of amides is 2. The summed E-state index contributed by atoms with van der Waals surface area (Å²) >= 11 is 0. The summed E-state index contributed by atoms with van der Waals surface area (Å²) in [5.41, 5.74) is 1.73. The van der Waals surface area contributed by atoms with Gasteiger partial charge in [0.15, 0.2) is 0 Å². The Hall–Kier alpha value is -2.30. The average Bonchev–Trinajstić information content (AvgIpc) is 3.22. The van der Waals surface area contributed by atoms with Crippen molar-refractivity contribution >= 4 is 22.7 Å². The Labute approximate surface area is 135 Å². The topological polar surface area (TPSA) is 56.4 Å². The number of fused-ring (bicyclic) bond motifs is 1. The van der Waals surface area contributed by atoms with E-state index in [9.17, 15) is 9.59 Å². The van der Waals surface area contributed by atoms with Gasteiger partial charge < -0.3 is 14.8 Å². The van der Waals surface area contributed by atoms with Gasteiger partial charge >= 0.3 is 0 Å². The molecule has 0 aliphatic carbocycles. The minimum atomic E-state index is 0.0905. The van der Waals surface area contributed by atoms with Crippen molar-refractivity contribution in [2.45, 2.75) is 31.7 Å². The monoisotopic (exact) mass is 311 g/mol. The van der Waals surface area contributed by atoms with Crippen LogP contribution in [0.5, 0.6) is 0 Å². The fourth-order valence-corrected chi connectivity index (χ4v) is 3.80. The summed E-state index contributed by atoms with van der Waals surface area (Å²) in [4.78, 5) is 31.6. The Bertz CT molecular complexity index is 744. The Morgan fingerprint density at radius 3 is 2.70 bits per heavy atom. The summed E-state index contributed by atoms with van der Waals surface area (Å²) in [7, 11) is 0. The lowest BCUT2D eigenvalue weighted by atomic mass is 10.0. The molecule has 0 unspecified atom stereocenters. The van der Waals surface area contributed by atoms with Gasteiger partial charge in [-0.2, -0.15) is 0 Å². The van der Waals surface area contributed by atoms with Crippen LogP contribution in [0.2, 0.25) is 0 Å². The summed E-state index contributed by atoms with van der Waals surface area (Å²) in [6.45, 7) is 2.35. The molecule has 2 saturated heterocycles. The number of nitrogens with one attached hydrogen (secondary N) is 1. The summed E-state index contributed by atoms with van der Waals surface area (Å²) in [6.07, 6.45) is 5.34. The largest absolute Gasteiger partial charge is 0.361 e. The Balaban J connectivity index is 1.43. The first-order chi connectivity index (χ1) is 11.2. The van der Waals surface area contributed by atoms with Crippen LogP contribution in [-0.4, -0.2) is 52.3 Å². The number of aromatic amines is 1. The fraction of sp³-hybridized carbons (Fsp3) is 0.444. The average molecular weight is 311 g/mol. The van der Waals surface area contributed by atoms with Crippen LogP contribution in [0.25, 0.3) is 10.9 Å². The molecule has 23 heavy (non-hydrogen) atoms. The van der Waals surface area contributed by atoms with Gasteiger partial charge in [-0.1, -0.05) is 6.07 Å². The van der Waals surface area contributed by atoms with E-state index in [4.69, 9.17) is 0 Å². The summed E-state index contributed by atoms with van der Waals surface area (Å²) in [5, 5.41) is 1.12. The summed E-state index contributed by atoms with van der Waals surface area (Å²) in [6, 6.07) is 8.12. The van der Waals surface area contributed by atoms with Crippen LogP contribution >= 0.6 is 0 Å². The predicted molar refractivity (Wildman–Crippen MR) is 88.2 cm³/mol. The highest BCUT2D eigenvalue weighted by molar-refractivity contribution is 5.98. The normalized spacial score (nSPS) is 19.7. The first-order valence-electron chi connectivity index (χ1n) is 8.38. The van der Waals surface area contributed by atoms with Gasteiger partial charge in [-0.3, -0.25) is 9.59 Å². The maximum absolute atomic E-state index is 12.7. The highest BCUT2D eigenvalue weighted by Gasteiger charge is 2.32. The SMILES string of the molecule is O=C(c1ccc2cc[nH]c2c1)N1CCC(N2CCCC2=O)CC1. The lowest BCUT2D eigenvalue weighted by Crippen LogP contribution is -2.47. The van der Waals surface area contributed by atoms with Gasteiger partial charge in [0.1, 0.15) is 0 Å². The van der Waals surface area contributed by atoms with Gasteiger partial charge in [-0.25, -0.2) is 0 Å². The fourth-order valence-electron chi connectivity index (χ4n) is 3.80.